The first-order chi connectivity index (χ1) is 11.5. The molecule has 0 spiro atoms. The molecule has 2 N–H and O–H groups in total. The summed E-state index contributed by atoms with van der Waals surface area (Å²) in [7, 11) is 0. The van der Waals surface area contributed by atoms with Gasteiger partial charge >= 0.3 is 0 Å². The second-order valence-corrected chi connectivity index (χ2v) is 5.68. The van der Waals surface area contributed by atoms with Crippen molar-refractivity contribution in [1.29, 1.82) is 0 Å². The van der Waals surface area contributed by atoms with Crippen molar-refractivity contribution >= 4 is 11.6 Å². The fourth-order valence-corrected chi connectivity index (χ4v) is 2.27. The summed E-state index contributed by atoms with van der Waals surface area (Å²) in [6.07, 6.45) is 0. The Hall–Kier alpha value is -2.73. The first kappa shape index (κ1) is 17.6. The largest absolute Gasteiger partial charge is 0.351 e. The van der Waals surface area contributed by atoms with Crippen LogP contribution in [0.25, 0.3) is 0 Å². The van der Waals surface area contributed by atoms with E-state index >= 15 is 0 Å². The maximum Gasteiger partial charge on any atom is 0.272 e. The van der Waals surface area contributed by atoms with E-state index in [1.807, 2.05) is 25.1 Å². The quantitative estimate of drug-likeness (QED) is 0.465. The molecule has 0 heterocycles. The highest BCUT2D eigenvalue weighted by Crippen LogP contribution is 2.18. The number of aryl methyl sites for hydroxylation is 2. The van der Waals surface area contributed by atoms with Gasteiger partial charge in [0, 0.05) is 36.8 Å². The van der Waals surface area contributed by atoms with Crippen molar-refractivity contribution in [2.24, 2.45) is 0 Å². The van der Waals surface area contributed by atoms with Gasteiger partial charge in [-0.05, 0) is 31.5 Å². The third kappa shape index (κ3) is 4.89. The molecule has 0 aliphatic rings. The SMILES string of the molecule is Cc1ccc(C(=O)NCCNCc2ccc(C)c([N+](=O)[O-])c2)cc1. The zero-order valence-electron chi connectivity index (χ0n) is 13.8. The molecule has 1 amide bonds. The van der Waals surface area contributed by atoms with Crippen LogP contribution in [0.2, 0.25) is 0 Å². The highest BCUT2D eigenvalue weighted by atomic mass is 16.6. The number of nitrogens with zero attached hydrogens (tertiary/aromatic N) is 1. The summed E-state index contributed by atoms with van der Waals surface area (Å²) in [5.74, 6) is -0.109. The number of benzene rings is 2. The summed E-state index contributed by atoms with van der Waals surface area (Å²) in [5, 5.41) is 16.9. The molecule has 0 radical (unpaired) electrons. The van der Waals surface area contributed by atoms with Crippen molar-refractivity contribution in [3.63, 3.8) is 0 Å². The third-order valence-electron chi connectivity index (χ3n) is 3.70. The summed E-state index contributed by atoms with van der Waals surface area (Å²) < 4.78 is 0. The van der Waals surface area contributed by atoms with Crippen molar-refractivity contribution in [2.45, 2.75) is 20.4 Å². The highest BCUT2D eigenvalue weighted by Gasteiger charge is 2.10. The normalized spacial score (nSPS) is 10.4. The molecular formula is C18H21N3O3. The van der Waals surface area contributed by atoms with E-state index in [2.05, 4.69) is 10.6 Å². The summed E-state index contributed by atoms with van der Waals surface area (Å²) in [4.78, 5) is 22.5. The number of carbonyl (C=O) groups is 1. The van der Waals surface area contributed by atoms with Crippen molar-refractivity contribution in [3.8, 4) is 0 Å². The Morgan fingerprint density at radius 2 is 1.79 bits per heavy atom. The van der Waals surface area contributed by atoms with Crippen LogP contribution < -0.4 is 10.6 Å². The molecule has 0 saturated carbocycles. The van der Waals surface area contributed by atoms with Crippen LogP contribution in [0.4, 0.5) is 5.69 Å². The lowest BCUT2D eigenvalue weighted by Gasteiger charge is -2.08. The first-order valence-corrected chi connectivity index (χ1v) is 7.77. The Balaban J connectivity index is 1.75. The standard InChI is InChI=1S/C18H21N3O3/c1-13-3-7-16(8-4-13)18(22)20-10-9-19-12-15-6-5-14(2)17(11-15)21(23)24/h3-8,11,19H,9-10,12H2,1-2H3,(H,20,22). The van der Waals surface area contributed by atoms with Crippen LogP contribution in [0, 0.1) is 24.0 Å². The summed E-state index contributed by atoms with van der Waals surface area (Å²) in [5.41, 5.74) is 3.36. The topological polar surface area (TPSA) is 84.3 Å². The molecule has 0 atom stereocenters. The molecule has 0 aliphatic heterocycles. The summed E-state index contributed by atoms with van der Waals surface area (Å²) >= 11 is 0. The molecule has 24 heavy (non-hydrogen) atoms. The summed E-state index contributed by atoms with van der Waals surface area (Å²) in [6.45, 7) is 5.28. The zero-order valence-corrected chi connectivity index (χ0v) is 13.8. The molecule has 2 rings (SSSR count). The van der Waals surface area contributed by atoms with Gasteiger partial charge in [-0.3, -0.25) is 14.9 Å². The number of nitrogens with one attached hydrogen (secondary N) is 2. The minimum Gasteiger partial charge on any atom is -0.351 e. The average Bonchev–Trinajstić information content (AvgIpc) is 2.56. The molecule has 2 aromatic carbocycles. The lowest BCUT2D eigenvalue weighted by atomic mass is 10.1. The Bertz CT molecular complexity index is 727. The Morgan fingerprint density at radius 3 is 2.46 bits per heavy atom. The molecule has 2 aromatic rings. The second kappa shape index (κ2) is 8.21. The van der Waals surface area contributed by atoms with Gasteiger partial charge in [-0.1, -0.05) is 29.8 Å². The van der Waals surface area contributed by atoms with Gasteiger partial charge in [-0.25, -0.2) is 0 Å². The van der Waals surface area contributed by atoms with Crippen LogP contribution in [0.1, 0.15) is 27.0 Å². The van der Waals surface area contributed by atoms with E-state index in [1.165, 1.54) is 0 Å². The molecular weight excluding hydrogens is 306 g/mol. The predicted octanol–water partition coefficient (Wildman–Crippen LogP) is 2.73. The van der Waals surface area contributed by atoms with E-state index in [9.17, 15) is 14.9 Å². The lowest BCUT2D eigenvalue weighted by Crippen LogP contribution is -2.31. The smallest absolute Gasteiger partial charge is 0.272 e. The summed E-state index contributed by atoms with van der Waals surface area (Å²) in [6, 6.07) is 12.6. The fourth-order valence-electron chi connectivity index (χ4n) is 2.27. The van der Waals surface area contributed by atoms with Gasteiger partial charge in [0.2, 0.25) is 0 Å². The lowest BCUT2D eigenvalue weighted by molar-refractivity contribution is -0.385. The van der Waals surface area contributed by atoms with Crippen LogP contribution in [0.3, 0.4) is 0 Å². The number of amides is 1. The highest BCUT2D eigenvalue weighted by molar-refractivity contribution is 5.94. The number of carbonyl (C=O) groups excluding carboxylic acids is 1. The third-order valence-corrected chi connectivity index (χ3v) is 3.70. The van der Waals surface area contributed by atoms with Crippen LogP contribution in [-0.2, 0) is 6.54 Å². The molecule has 0 aliphatic carbocycles. The van der Waals surface area contributed by atoms with Crippen LogP contribution in [0.15, 0.2) is 42.5 Å². The van der Waals surface area contributed by atoms with E-state index < -0.39 is 0 Å². The van der Waals surface area contributed by atoms with Crippen molar-refractivity contribution in [3.05, 3.63) is 74.8 Å². The Labute approximate surface area is 141 Å². The van der Waals surface area contributed by atoms with E-state index in [1.54, 1.807) is 31.2 Å². The van der Waals surface area contributed by atoms with Gasteiger partial charge in [0.1, 0.15) is 0 Å². The first-order valence-electron chi connectivity index (χ1n) is 7.77. The minimum absolute atomic E-state index is 0.109. The maximum absolute atomic E-state index is 11.9. The molecule has 0 bridgehead atoms. The molecule has 0 unspecified atom stereocenters. The van der Waals surface area contributed by atoms with Gasteiger partial charge in [0.25, 0.3) is 11.6 Å². The van der Waals surface area contributed by atoms with E-state index in [0.29, 0.717) is 30.8 Å². The van der Waals surface area contributed by atoms with E-state index in [-0.39, 0.29) is 16.5 Å². The fraction of sp³-hybridized carbons (Fsp3) is 0.278. The average molecular weight is 327 g/mol. The number of nitro benzene ring substituents is 1. The molecule has 6 nitrogen and oxygen atoms in total. The monoisotopic (exact) mass is 327 g/mol. The molecule has 6 heteroatoms. The molecule has 0 aromatic heterocycles. The number of hydrogen-bond acceptors (Lipinski definition) is 4. The van der Waals surface area contributed by atoms with Gasteiger partial charge in [0.15, 0.2) is 0 Å². The zero-order chi connectivity index (χ0) is 17.5. The predicted molar refractivity (Wildman–Crippen MR) is 93.1 cm³/mol. The maximum atomic E-state index is 11.9. The van der Waals surface area contributed by atoms with Crippen LogP contribution in [0.5, 0.6) is 0 Å². The Kier molecular flexibility index (Phi) is 6.03. The van der Waals surface area contributed by atoms with Crippen molar-refractivity contribution in [2.75, 3.05) is 13.1 Å². The number of nitro groups is 1. The minimum atomic E-state index is -0.374. The van der Waals surface area contributed by atoms with Crippen molar-refractivity contribution < 1.29 is 9.72 Å². The number of rotatable bonds is 7. The van der Waals surface area contributed by atoms with Gasteiger partial charge in [-0.2, -0.15) is 0 Å². The molecule has 126 valence electrons. The van der Waals surface area contributed by atoms with Crippen molar-refractivity contribution in [1.82, 2.24) is 10.6 Å². The van der Waals surface area contributed by atoms with Gasteiger partial charge in [0.05, 0.1) is 4.92 Å². The van der Waals surface area contributed by atoms with Crippen LogP contribution in [-0.4, -0.2) is 23.9 Å². The molecule has 0 saturated heterocycles. The van der Waals surface area contributed by atoms with E-state index in [4.69, 9.17) is 0 Å². The van der Waals surface area contributed by atoms with E-state index in [0.717, 1.165) is 11.1 Å². The van der Waals surface area contributed by atoms with Gasteiger partial charge < -0.3 is 10.6 Å². The molecule has 0 fully saturated rings. The second-order valence-electron chi connectivity index (χ2n) is 5.68. The van der Waals surface area contributed by atoms with Gasteiger partial charge in [-0.15, -0.1) is 0 Å². The number of hydrogen-bond donors (Lipinski definition) is 2. The van der Waals surface area contributed by atoms with Crippen LogP contribution >= 0.6 is 0 Å². The Morgan fingerprint density at radius 1 is 1.08 bits per heavy atom.